The standard InChI is InChI=1S/6C10H20O2.2Pd/c6*1-2-3-4-5-6-7-8-9-10(11)12;;/h6*2-9H2,1H3,(H,11,12);;/q;;;;;;2*+3/p-6. The molecule has 0 rings (SSSR count). The van der Waals surface area contributed by atoms with Crippen molar-refractivity contribution in [3.63, 3.8) is 0 Å². The number of carbonyl (C=O) groups is 6. The van der Waals surface area contributed by atoms with E-state index in [1.807, 2.05) is 0 Å². The van der Waals surface area contributed by atoms with E-state index in [-0.39, 0.29) is 79.4 Å². The quantitative estimate of drug-likeness (QED) is 0.0408. The van der Waals surface area contributed by atoms with Gasteiger partial charge in [-0.05, 0) is 77.0 Å². The number of unbranched alkanes of at least 4 members (excludes halogenated alkanes) is 36. The molecule has 0 bridgehead atoms. The van der Waals surface area contributed by atoms with Crippen molar-refractivity contribution < 1.29 is 100 Å². The van der Waals surface area contributed by atoms with Gasteiger partial charge in [0.15, 0.2) is 0 Å². The van der Waals surface area contributed by atoms with E-state index in [0.29, 0.717) is 0 Å². The zero-order chi connectivity index (χ0) is 55.4. The van der Waals surface area contributed by atoms with E-state index in [2.05, 4.69) is 41.5 Å². The van der Waals surface area contributed by atoms with E-state index >= 15 is 0 Å². The molecule has 0 aliphatic carbocycles. The van der Waals surface area contributed by atoms with Gasteiger partial charge in [-0.1, -0.05) is 273 Å². The summed E-state index contributed by atoms with van der Waals surface area (Å²) in [7, 11) is 0. The van der Waals surface area contributed by atoms with Crippen LogP contribution >= 0.6 is 0 Å². The molecule has 14 heteroatoms. The minimum Gasteiger partial charge on any atom is -0.550 e. The van der Waals surface area contributed by atoms with Crippen molar-refractivity contribution in [2.24, 2.45) is 0 Å². The Morgan fingerprint density at radius 3 is 0.338 bits per heavy atom. The average molecular weight is 1240 g/mol. The third-order valence-electron chi connectivity index (χ3n) is 11.9. The van der Waals surface area contributed by atoms with Crippen LogP contribution in [0.25, 0.3) is 0 Å². The van der Waals surface area contributed by atoms with Gasteiger partial charge in [-0.3, -0.25) is 0 Å². The molecular formula is C60H114O12Pd2. The van der Waals surface area contributed by atoms with E-state index in [9.17, 15) is 59.4 Å². The Hall–Kier alpha value is -1.86. The van der Waals surface area contributed by atoms with E-state index in [0.717, 1.165) is 77.0 Å². The van der Waals surface area contributed by atoms with Crippen molar-refractivity contribution in [2.45, 2.75) is 350 Å². The molecule has 2 radical (unpaired) electrons. The van der Waals surface area contributed by atoms with Gasteiger partial charge < -0.3 is 59.4 Å². The first-order chi connectivity index (χ1) is 34.6. The van der Waals surface area contributed by atoms with Crippen LogP contribution < -0.4 is 30.6 Å². The van der Waals surface area contributed by atoms with Crippen molar-refractivity contribution in [1.29, 1.82) is 0 Å². The second kappa shape index (κ2) is 85.1. The van der Waals surface area contributed by atoms with Gasteiger partial charge in [-0.2, -0.15) is 0 Å². The first-order valence-corrected chi connectivity index (χ1v) is 29.8. The molecule has 0 spiro atoms. The van der Waals surface area contributed by atoms with Crippen LogP contribution in [0.4, 0.5) is 0 Å². The van der Waals surface area contributed by atoms with Crippen LogP contribution in [-0.2, 0) is 69.6 Å². The van der Waals surface area contributed by atoms with Gasteiger partial charge in [0.25, 0.3) is 0 Å². The first-order valence-electron chi connectivity index (χ1n) is 29.8. The molecule has 446 valence electrons. The Morgan fingerprint density at radius 2 is 0.257 bits per heavy atom. The monoisotopic (exact) mass is 1240 g/mol. The molecule has 0 aromatic carbocycles. The van der Waals surface area contributed by atoms with Crippen LogP contribution in [0.3, 0.4) is 0 Å². The van der Waals surface area contributed by atoms with Crippen molar-refractivity contribution >= 4 is 35.8 Å². The summed E-state index contributed by atoms with van der Waals surface area (Å²) in [5.74, 6) is -5.48. The molecule has 0 aliphatic rings. The molecule has 0 aliphatic heterocycles. The molecule has 0 N–H and O–H groups in total. The maximum atomic E-state index is 10.0. The molecule has 0 heterocycles. The summed E-state index contributed by atoms with van der Waals surface area (Å²) in [6.07, 6.45) is 50.1. The summed E-state index contributed by atoms with van der Waals surface area (Å²) in [6.45, 7) is 13.1. The summed E-state index contributed by atoms with van der Waals surface area (Å²) < 4.78 is 0. The summed E-state index contributed by atoms with van der Waals surface area (Å²) in [5, 5.41) is 60.1. The summed E-state index contributed by atoms with van der Waals surface area (Å²) >= 11 is 0. The van der Waals surface area contributed by atoms with Crippen LogP contribution in [0.1, 0.15) is 350 Å². The second-order valence-corrected chi connectivity index (χ2v) is 19.5. The van der Waals surface area contributed by atoms with Gasteiger partial charge in [0.05, 0.1) is 0 Å². The minimum atomic E-state index is -0.913. The number of hydrogen-bond acceptors (Lipinski definition) is 12. The molecule has 0 fully saturated rings. The summed E-state index contributed by atoms with van der Waals surface area (Å²) in [5.41, 5.74) is 0. The van der Waals surface area contributed by atoms with E-state index in [4.69, 9.17) is 0 Å². The van der Waals surface area contributed by atoms with Crippen LogP contribution in [0.5, 0.6) is 0 Å². The van der Waals surface area contributed by atoms with Crippen LogP contribution in [0.15, 0.2) is 0 Å². The summed E-state index contributed by atoms with van der Waals surface area (Å²) in [4.78, 5) is 60.1. The molecule has 74 heavy (non-hydrogen) atoms. The largest absolute Gasteiger partial charge is 3.00 e. The third kappa shape index (κ3) is 123. The predicted octanol–water partition coefficient (Wildman–Crippen LogP) is 11.3. The van der Waals surface area contributed by atoms with Gasteiger partial charge in [0, 0.05) is 35.8 Å². The smallest absolute Gasteiger partial charge is 0.550 e. The average Bonchev–Trinajstić information content (AvgIpc) is 3.33. The molecule has 0 saturated carbocycles. The molecule has 0 atom stereocenters. The molecule has 12 nitrogen and oxygen atoms in total. The van der Waals surface area contributed by atoms with E-state index < -0.39 is 35.8 Å². The number of rotatable bonds is 48. The number of aliphatic carboxylic acids is 6. The normalized spacial score (nSPS) is 9.81. The molecule has 0 unspecified atom stereocenters. The zero-order valence-electron chi connectivity index (χ0n) is 48.5. The zero-order valence-corrected chi connectivity index (χ0v) is 51.6. The van der Waals surface area contributed by atoms with Crippen LogP contribution in [0.2, 0.25) is 0 Å². The van der Waals surface area contributed by atoms with Gasteiger partial charge in [-0.15, -0.1) is 0 Å². The minimum absolute atomic E-state index is 0. The SMILES string of the molecule is CCCCCCCCCC(=O)[O-].CCCCCCCCCC(=O)[O-].CCCCCCCCCC(=O)[O-].CCCCCCCCCC(=O)[O-].CCCCCCCCCC(=O)[O-].CCCCCCCCCC(=O)[O-].[Pd+3].[Pd+3]. The topological polar surface area (TPSA) is 241 Å². The van der Waals surface area contributed by atoms with E-state index in [1.165, 1.54) is 193 Å². The molecule has 0 aromatic rings. The van der Waals surface area contributed by atoms with Crippen LogP contribution in [0, 0.1) is 0 Å². The fraction of sp³-hybridized carbons (Fsp3) is 0.900. The van der Waals surface area contributed by atoms with Crippen molar-refractivity contribution in [1.82, 2.24) is 0 Å². The fourth-order valence-electron chi connectivity index (χ4n) is 7.36. The molecular weight excluding hydrogens is 1130 g/mol. The predicted molar refractivity (Wildman–Crippen MR) is 286 cm³/mol. The maximum absolute atomic E-state index is 10.0. The number of carbonyl (C=O) groups excluding carboxylic acids is 6. The molecule has 0 aromatic heterocycles. The van der Waals surface area contributed by atoms with Gasteiger partial charge in [0.1, 0.15) is 0 Å². The number of carboxylic acids is 6. The van der Waals surface area contributed by atoms with Crippen molar-refractivity contribution in [2.75, 3.05) is 0 Å². The maximum Gasteiger partial charge on any atom is 3.00 e. The molecule has 0 saturated heterocycles. The van der Waals surface area contributed by atoms with E-state index in [1.54, 1.807) is 0 Å². The Bertz CT molecular complexity index is 893. The fourth-order valence-corrected chi connectivity index (χ4v) is 7.36. The van der Waals surface area contributed by atoms with Crippen LogP contribution in [-0.4, -0.2) is 35.8 Å². The van der Waals surface area contributed by atoms with Gasteiger partial charge in [-0.25, -0.2) is 0 Å². The Morgan fingerprint density at radius 1 is 0.176 bits per heavy atom. The summed E-state index contributed by atoms with van der Waals surface area (Å²) in [6, 6.07) is 0. The van der Waals surface area contributed by atoms with Crippen molar-refractivity contribution in [3.05, 3.63) is 0 Å². The van der Waals surface area contributed by atoms with Gasteiger partial charge >= 0.3 is 40.8 Å². The van der Waals surface area contributed by atoms with Gasteiger partial charge in [0.2, 0.25) is 0 Å². The number of carboxylic acid groups (broad SMARTS) is 6. The Kier molecular flexibility index (Phi) is 102. The Labute approximate surface area is 483 Å². The third-order valence-corrected chi connectivity index (χ3v) is 11.9. The molecule has 0 amide bonds. The number of hydrogen-bond donors (Lipinski definition) is 0. The Balaban J connectivity index is -0.000000117. The second-order valence-electron chi connectivity index (χ2n) is 19.5. The van der Waals surface area contributed by atoms with Crippen molar-refractivity contribution in [3.8, 4) is 0 Å². The first kappa shape index (κ1) is 88.7.